The van der Waals surface area contributed by atoms with E-state index in [1.807, 2.05) is 0 Å². The molecule has 0 radical (unpaired) electrons. The zero-order chi connectivity index (χ0) is 28.3. The molecule has 3 atom stereocenters. The van der Waals surface area contributed by atoms with Crippen LogP contribution in [0.5, 0.6) is 11.5 Å². The zero-order valence-corrected chi connectivity index (χ0v) is 22.4. The molecular weight excluding hydrogens is 539 g/mol. The molecule has 208 valence electrons. The number of hydrogen-bond acceptors (Lipinski definition) is 10. The highest BCUT2D eigenvalue weighted by Gasteiger charge is 2.52. The van der Waals surface area contributed by atoms with Gasteiger partial charge in [0.2, 0.25) is 0 Å². The van der Waals surface area contributed by atoms with E-state index in [0.717, 1.165) is 0 Å². The Labute approximate surface area is 230 Å². The first-order valence-corrected chi connectivity index (χ1v) is 14.1. The van der Waals surface area contributed by atoms with Crippen LogP contribution >= 0.6 is 7.82 Å². The Morgan fingerprint density at radius 2 is 1.57 bits per heavy atom. The van der Waals surface area contributed by atoms with Crippen molar-refractivity contribution in [2.24, 2.45) is 5.92 Å². The fourth-order valence-electron chi connectivity index (χ4n) is 4.67. The first-order valence-electron chi connectivity index (χ1n) is 12.6. The number of hydrogen-bond donors (Lipinski definition) is 1. The van der Waals surface area contributed by atoms with Crippen molar-refractivity contribution in [2.45, 2.75) is 32.1 Å². The minimum Gasteiger partial charge on any atom is -0.456 e. The number of nitrogens with zero attached hydrogens (tertiary/aromatic N) is 2. The third-order valence-electron chi connectivity index (χ3n) is 6.72. The van der Waals surface area contributed by atoms with Crippen LogP contribution in [0.2, 0.25) is 0 Å². The van der Waals surface area contributed by atoms with E-state index in [4.69, 9.17) is 18.3 Å². The normalized spacial score (nSPS) is 18.8. The number of rotatable bonds is 11. The van der Waals surface area contributed by atoms with Crippen LogP contribution < -0.4 is 9.05 Å². The van der Waals surface area contributed by atoms with Crippen LogP contribution in [0.3, 0.4) is 0 Å². The summed E-state index contributed by atoms with van der Waals surface area (Å²) in [6, 6.07) is 22.1. The Morgan fingerprint density at radius 3 is 2.10 bits per heavy atom. The summed E-state index contributed by atoms with van der Waals surface area (Å²) < 4.78 is 36.9. The summed E-state index contributed by atoms with van der Waals surface area (Å²) in [7, 11) is -4.37. The number of nitro groups is 1. The minimum absolute atomic E-state index is 0.0667. The maximum Gasteiger partial charge on any atom is 0.646 e. The molecule has 12 heteroatoms. The second kappa shape index (κ2) is 11.4. The molecule has 0 saturated carbocycles. The van der Waals surface area contributed by atoms with Crippen LogP contribution in [0, 0.1) is 16.0 Å². The molecule has 5 rings (SSSR count). The fourth-order valence-corrected chi connectivity index (χ4v) is 5.97. The van der Waals surface area contributed by atoms with Gasteiger partial charge in [-0.3, -0.25) is 10.1 Å². The highest BCUT2D eigenvalue weighted by molar-refractivity contribution is 7.49. The lowest BCUT2D eigenvalue weighted by molar-refractivity contribution is -0.384. The van der Waals surface area contributed by atoms with Crippen LogP contribution in [0.1, 0.15) is 18.9 Å². The van der Waals surface area contributed by atoms with Gasteiger partial charge in [-0.05, 0) is 48.9 Å². The number of ether oxygens (including phenoxy) is 1. The Kier molecular flexibility index (Phi) is 7.77. The third-order valence-corrected chi connectivity index (χ3v) is 8.03. The molecule has 0 unspecified atom stereocenters. The van der Waals surface area contributed by atoms with Crippen LogP contribution in [0.15, 0.2) is 96.4 Å². The van der Waals surface area contributed by atoms with Crippen molar-refractivity contribution < 1.29 is 37.7 Å². The van der Waals surface area contributed by atoms with E-state index in [0.29, 0.717) is 12.1 Å². The number of fused-ring (bicyclic) bond motifs is 1. The number of non-ortho nitro benzene ring substituents is 1. The minimum atomic E-state index is -4.37. The van der Waals surface area contributed by atoms with Crippen molar-refractivity contribution in [3.63, 3.8) is 0 Å². The van der Waals surface area contributed by atoms with Gasteiger partial charge in [-0.1, -0.05) is 36.4 Å². The summed E-state index contributed by atoms with van der Waals surface area (Å²) in [6.07, 6.45) is -0.455. The Bertz CT molecular complexity index is 1400. The molecule has 40 heavy (non-hydrogen) atoms. The SMILES string of the molecule is C[C@@H](O)[C@H]1CN2C(C(=O)OCc3ccc([N+](=O)[O-])cc3)=C(OP(=O)(Oc3ccccc3)Oc3ccccc3)C[C@H]12. The molecule has 3 aromatic rings. The number of nitro benzene ring substituents is 1. The largest absolute Gasteiger partial charge is 0.646 e. The van der Waals surface area contributed by atoms with E-state index < -0.39 is 24.8 Å². The van der Waals surface area contributed by atoms with Gasteiger partial charge in [0, 0.05) is 37.1 Å². The van der Waals surface area contributed by atoms with Crippen molar-refractivity contribution in [3.05, 3.63) is 112 Å². The fraction of sp³-hybridized carbons (Fsp3) is 0.250. The standard InChI is InChI=1S/C28H27N2O9P/c1-19(31)24-17-29-25(24)16-26(27(29)28(32)36-18-20-12-14-21(15-13-20)30(33)34)39-40(35,37-22-8-4-2-5-9-22)38-23-10-6-3-7-11-23/h2-15,19,24-25,31H,16-18H2,1H3/t19-,24-,25-/m1/s1. The molecule has 0 bridgehead atoms. The lowest BCUT2D eigenvalue weighted by Gasteiger charge is -2.47. The van der Waals surface area contributed by atoms with Gasteiger partial charge >= 0.3 is 13.8 Å². The van der Waals surface area contributed by atoms with E-state index in [1.54, 1.807) is 72.5 Å². The smallest absolute Gasteiger partial charge is 0.456 e. The number of phosphoric ester groups is 1. The molecule has 2 aliphatic rings. The van der Waals surface area contributed by atoms with E-state index in [1.165, 1.54) is 24.3 Å². The lowest BCUT2D eigenvalue weighted by atomic mass is 9.84. The number of para-hydroxylation sites is 2. The molecule has 0 spiro atoms. The van der Waals surface area contributed by atoms with Crippen molar-refractivity contribution in [1.29, 1.82) is 0 Å². The van der Waals surface area contributed by atoms with Crippen LogP contribution in [-0.4, -0.2) is 39.6 Å². The molecule has 1 saturated heterocycles. The quantitative estimate of drug-likeness (QED) is 0.142. The molecule has 2 aliphatic heterocycles. The number of esters is 1. The van der Waals surface area contributed by atoms with E-state index in [9.17, 15) is 24.6 Å². The zero-order valence-electron chi connectivity index (χ0n) is 21.5. The van der Waals surface area contributed by atoms with Crippen LogP contribution in [0.25, 0.3) is 0 Å². The summed E-state index contributed by atoms with van der Waals surface area (Å²) in [5.74, 6) is -0.313. The first kappa shape index (κ1) is 27.2. The maximum atomic E-state index is 14.0. The topological polar surface area (TPSA) is 138 Å². The monoisotopic (exact) mass is 566 g/mol. The van der Waals surface area contributed by atoms with Gasteiger partial charge in [0.05, 0.1) is 11.0 Å². The molecule has 11 nitrogen and oxygen atoms in total. The Balaban J connectivity index is 1.41. The van der Waals surface area contributed by atoms with Crippen molar-refractivity contribution >= 4 is 19.5 Å². The van der Waals surface area contributed by atoms with E-state index in [-0.39, 0.29) is 53.6 Å². The highest BCUT2D eigenvalue weighted by atomic mass is 31.2. The summed E-state index contributed by atoms with van der Waals surface area (Å²) >= 11 is 0. The van der Waals surface area contributed by atoms with Crippen molar-refractivity contribution in [1.82, 2.24) is 4.90 Å². The first-order chi connectivity index (χ1) is 19.2. The molecule has 0 aromatic heterocycles. The average molecular weight is 567 g/mol. The molecule has 2 heterocycles. The molecule has 1 fully saturated rings. The third kappa shape index (κ3) is 5.95. The van der Waals surface area contributed by atoms with E-state index in [2.05, 4.69) is 0 Å². The number of carbonyl (C=O) groups is 1. The molecule has 0 aliphatic carbocycles. The summed E-state index contributed by atoms with van der Waals surface area (Å²) in [5, 5.41) is 21.1. The predicted molar refractivity (Wildman–Crippen MR) is 143 cm³/mol. The van der Waals surface area contributed by atoms with Gasteiger partial charge in [-0.15, -0.1) is 0 Å². The Hall–Kier alpha value is -4.34. The number of benzene rings is 3. The number of aliphatic hydroxyl groups excluding tert-OH is 1. The Morgan fingerprint density at radius 1 is 1.00 bits per heavy atom. The maximum absolute atomic E-state index is 14.0. The van der Waals surface area contributed by atoms with Gasteiger partial charge < -0.3 is 28.3 Å². The van der Waals surface area contributed by atoms with Crippen molar-refractivity contribution in [3.8, 4) is 11.5 Å². The number of phosphoric acid groups is 1. The highest BCUT2D eigenvalue weighted by Crippen LogP contribution is 2.55. The summed E-state index contributed by atoms with van der Waals surface area (Å²) in [5.41, 5.74) is 0.536. The molecule has 0 amide bonds. The van der Waals surface area contributed by atoms with Crippen LogP contribution in [-0.2, 0) is 25.2 Å². The second-order valence-corrected chi connectivity index (χ2v) is 10.9. The van der Waals surface area contributed by atoms with Gasteiger partial charge in [-0.25, -0.2) is 4.79 Å². The summed E-state index contributed by atoms with van der Waals surface area (Å²) in [6.45, 7) is 1.90. The average Bonchev–Trinajstić information content (AvgIpc) is 3.18. The van der Waals surface area contributed by atoms with Gasteiger partial charge in [0.1, 0.15) is 23.9 Å². The molecule has 1 N–H and O–H groups in total. The molecular formula is C28H27N2O9P. The lowest BCUT2D eigenvalue weighted by Crippen LogP contribution is -2.57. The summed E-state index contributed by atoms with van der Waals surface area (Å²) in [4.78, 5) is 25.5. The number of carbonyl (C=O) groups excluding carboxylic acids is 1. The molecule has 3 aromatic carbocycles. The second-order valence-electron chi connectivity index (χ2n) is 9.45. The van der Waals surface area contributed by atoms with Crippen molar-refractivity contribution in [2.75, 3.05) is 6.54 Å². The van der Waals surface area contributed by atoms with Crippen LogP contribution in [0.4, 0.5) is 5.69 Å². The van der Waals surface area contributed by atoms with E-state index >= 15 is 0 Å². The van der Waals surface area contributed by atoms with Gasteiger partial charge in [0.25, 0.3) is 5.69 Å². The predicted octanol–water partition coefficient (Wildman–Crippen LogP) is 5.22. The van der Waals surface area contributed by atoms with Gasteiger partial charge in [0.15, 0.2) is 5.70 Å². The number of aliphatic hydroxyl groups is 1. The van der Waals surface area contributed by atoms with Gasteiger partial charge in [-0.2, -0.15) is 4.57 Å².